The molecule has 7 heteroatoms. The minimum atomic E-state index is -0.545. The molecule has 0 aliphatic carbocycles. The summed E-state index contributed by atoms with van der Waals surface area (Å²) < 4.78 is 0. The molecule has 0 spiro atoms. The van der Waals surface area contributed by atoms with Crippen LogP contribution in [0.15, 0.2) is 57.5 Å². The molecule has 23 heavy (non-hydrogen) atoms. The van der Waals surface area contributed by atoms with Crippen molar-refractivity contribution in [1.82, 2.24) is 4.98 Å². The smallest absolute Gasteiger partial charge is 0.272 e. The maximum Gasteiger partial charge on any atom is 0.355 e. The van der Waals surface area contributed by atoms with E-state index in [1.165, 1.54) is 11.8 Å². The molecule has 3 heterocycles. The number of pyridine rings is 1. The highest BCUT2D eigenvalue weighted by atomic mass is 32.2. The Balaban J connectivity index is 1.77. The number of aromatic nitrogens is 1. The lowest BCUT2D eigenvalue weighted by molar-refractivity contribution is -0.116. The first kappa shape index (κ1) is 14.5. The summed E-state index contributed by atoms with van der Waals surface area (Å²) >= 11 is 2.91. The molecule has 1 atom stereocenters. The van der Waals surface area contributed by atoms with E-state index in [1.807, 2.05) is 30.5 Å². The molecule has 2 aromatic rings. The van der Waals surface area contributed by atoms with E-state index in [4.69, 9.17) is 0 Å². The second-order valence-electron chi connectivity index (χ2n) is 5.01. The fourth-order valence-electron chi connectivity index (χ4n) is 2.63. The third kappa shape index (κ3) is 2.27. The molecule has 0 fully saturated rings. The Labute approximate surface area is 141 Å². The standard InChI is InChI=1S/C16H11N3O2S2/c1-22-10-5-2-4-9(8-10)19-15(20)13-12(18-16(19)21)11-6-3-7-17-14(11)23-13/h2-8,13H,1H3. The molecule has 0 bridgehead atoms. The van der Waals surface area contributed by atoms with E-state index in [9.17, 15) is 9.59 Å². The molecule has 0 N–H and O–H groups in total. The van der Waals surface area contributed by atoms with Gasteiger partial charge in [-0.05, 0) is 36.6 Å². The molecule has 1 unspecified atom stereocenters. The van der Waals surface area contributed by atoms with Gasteiger partial charge in [-0.15, -0.1) is 11.8 Å². The molecule has 2 aliphatic heterocycles. The number of amides is 3. The van der Waals surface area contributed by atoms with Gasteiger partial charge in [0.25, 0.3) is 5.91 Å². The van der Waals surface area contributed by atoms with Gasteiger partial charge in [0.1, 0.15) is 10.3 Å². The van der Waals surface area contributed by atoms with Crippen molar-refractivity contribution in [2.75, 3.05) is 11.2 Å². The lowest BCUT2D eigenvalue weighted by atomic mass is 10.1. The Morgan fingerprint density at radius 1 is 1.22 bits per heavy atom. The van der Waals surface area contributed by atoms with Crippen molar-refractivity contribution in [3.05, 3.63) is 48.2 Å². The van der Waals surface area contributed by atoms with Crippen LogP contribution in [-0.4, -0.2) is 34.1 Å². The number of anilines is 1. The monoisotopic (exact) mass is 341 g/mol. The number of thioether (sulfide) groups is 2. The van der Waals surface area contributed by atoms with Crippen LogP contribution >= 0.6 is 23.5 Å². The second kappa shape index (κ2) is 5.50. The number of hydrogen-bond acceptors (Lipinski definition) is 5. The summed E-state index contributed by atoms with van der Waals surface area (Å²) in [4.78, 5) is 35.9. The molecule has 1 aromatic carbocycles. The molecule has 0 saturated carbocycles. The van der Waals surface area contributed by atoms with E-state index in [0.717, 1.165) is 20.4 Å². The summed E-state index contributed by atoms with van der Waals surface area (Å²) in [5, 5.41) is 0.243. The fourth-order valence-corrected chi connectivity index (χ4v) is 4.22. The number of imide groups is 1. The summed E-state index contributed by atoms with van der Waals surface area (Å²) in [6, 6.07) is 10.4. The SMILES string of the molecule is CSc1cccc(N2C(=O)N=C3c4cccnc4SC3C2=O)c1. The number of carbonyl (C=O) groups excluding carboxylic acids is 2. The van der Waals surface area contributed by atoms with Gasteiger partial charge in [-0.2, -0.15) is 4.99 Å². The number of carbonyl (C=O) groups is 2. The van der Waals surface area contributed by atoms with Crippen molar-refractivity contribution in [3.8, 4) is 0 Å². The largest absolute Gasteiger partial charge is 0.355 e. The Morgan fingerprint density at radius 2 is 2.09 bits per heavy atom. The highest BCUT2D eigenvalue weighted by Crippen LogP contribution is 2.39. The van der Waals surface area contributed by atoms with Crippen molar-refractivity contribution in [2.45, 2.75) is 15.2 Å². The molecule has 2 aliphatic rings. The molecule has 114 valence electrons. The van der Waals surface area contributed by atoms with E-state index >= 15 is 0 Å². The lowest BCUT2D eigenvalue weighted by Gasteiger charge is -2.26. The van der Waals surface area contributed by atoms with Crippen molar-refractivity contribution in [3.63, 3.8) is 0 Å². The minimum Gasteiger partial charge on any atom is -0.272 e. The Bertz CT molecular complexity index is 866. The van der Waals surface area contributed by atoms with Crippen LogP contribution in [0.3, 0.4) is 0 Å². The van der Waals surface area contributed by atoms with E-state index in [-0.39, 0.29) is 5.91 Å². The maximum absolute atomic E-state index is 12.9. The first-order chi connectivity index (χ1) is 11.2. The predicted molar refractivity (Wildman–Crippen MR) is 91.5 cm³/mol. The zero-order valence-electron chi connectivity index (χ0n) is 12.1. The summed E-state index contributed by atoms with van der Waals surface area (Å²) in [5.74, 6) is -0.263. The van der Waals surface area contributed by atoms with Gasteiger partial charge in [0.2, 0.25) is 0 Å². The van der Waals surface area contributed by atoms with Crippen LogP contribution in [0.4, 0.5) is 10.5 Å². The average molecular weight is 341 g/mol. The Morgan fingerprint density at radius 3 is 2.91 bits per heavy atom. The number of nitrogens with zero attached hydrogens (tertiary/aromatic N) is 3. The third-order valence-corrected chi connectivity index (χ3v) is 5.62. The number of benzene rings is 1. The van der Waals surface area contributed by atoms with Crippen LogP contribution in [0.1, 0.15) is 5.56 Å². The topological polar surface area (TPSA) is 62.6 Å². The minimum absolute atomic E-state index is 0.263. The Kier molecular flexibility index (Phi) is 3.46. The predicted octanol–water partition coefficient (Wildman–Crippen LogP) is 3.23. The van der Waals surface area contributed by atoms with Gasteiger partial charge in [0.15, 0.2) is 0 Å². The van der Waals surface area contributed by atoms with Crippen molar-refractivity contribution in [2.24, 2.45) is 4.99 Å². The zero-order chi connectivity index (χ0) is 16.0. The van der Waals surface area contributed by atoms with Crippen LogP contribution in [0, 0.1) is 0 Å². The molecule has 4 rings (SSSR count). The highest BCUT2D eigenvalue weighted by molar-refractivity contribution is 8.02. The fraction of sp³-hybridized carbons (Fsp3) is 0.125. The van der Waals surface area contributed by atoms with Gasteiger partial charge in [-0.25, -0.2) is 14.7 Å². The van der Waals surface area contributed by atoms with Crippen LogP contribution < -0.4 is 4.90 Å². The first-order valence-corrected chi connectivity index (χ1v) is 9.02. The van der Waals surface area contributed by atoms with Crippen molar-refractivity contribution >= 4 is 46.9 Å². The van der Waals surface area contributed by atoms with E-state index < -0.39 is 11.3 Å². The van der Waals surface area contributed by atoms with E-state index in [0.29, 0.717) is 11.4 Å². The number of urea groups is 1. The number of rotatable bonds is 2. The molecule has 5 nitrogen and oxygen atoms in total. The molecule has 3 amide bonds. The number of fused-ring (bicyclic) bond motifs is 3. The third-order valence-electron chi connectivity index (χ3n) is 3.69. The summed E-state index contributed by atoms with van der Waals surface area (Å²) in [5.41, 5.74) is 1.85. The summed E-state index contributed by atoms with van der Waals surface area (Å²) in [7, 11) is 0. The average Bonchev–Trinajstić information content (AvgIpc) is 2.94. The first-order valence-electron chi connectivity index (χ1n) is 6.91. The van der Waals surface area contributed by atoms with E-state index in [1.54, 1.807) is 30.1 Å². The number of aliphatic imine (C=N–C) groups is 1. The van der Waals surface area contributed by atoms with Gasteiger partial charge in [0.05, 0.1) is 11.4 Å². The van der Waals surface area contributed by atoms with Gasteiger partial charge in [-0.1, -0.05) is 17.8 Å². The molecule has 0 radical (unpaired) electrons. The number of hydrogen-bond donors (Lipinski definition) is 0. The van der Waals surface area contributed by atoms with Gasteiger partial charge < -0.3 is 0 Å². The van der Waals surface area contributed by atoms with Crippen molar-refractivity contribution < 1.29 is 9.59 Å². The summed E-state index contributed by atoms with van der Waals surface area (Å²) in [6.45, 7) is 0. The van der Waals surface area contributed by atoms with Crippen molar-refractivity contribution in [1.29, 1.82) is 0 Å². The van der Waals surface area contributed by atoms with Crippen LogP contribution in [0.5, 0.6) is 0 Å². The van der Waals surface area contributed by atoms with Crippen LogP contribution in [-0.2, 0) is 4.79 Å². The normalized spacial score (nSPS) is 19.4. The molecule has 1 aromatic heterocycles. The van der Waals surface area contributed by atoms with Gasteiger partial charge in [-0.3, -0.25) is 4.79 Å². The van der Waals surface area contributed by atoms with Gasteiger partial charge >= 0.3 is 6.03 Å². The highest BCUT2D eigenvalue weighted by Gasteiger charge is 2.44. The quantitative estimate of drug-likeness (QED) is 0.785. The lowest BCUT2D eigenvalue weighted by Crippen LogP contribution is -2.47. The maximum atomic E-state index is 12.9. The van der Waals surface area contributed by atoms with Gasteiger partial charge in [0, 0.05) is 16.7 Å². The zero-order valence-corrected chi connectivity index (χ0v) is 13.7. The molecular formula is C16H11N3O2S2. The Hall–Kier alpha value is -2.12. The second-order valence-corrected chi connectivity index (χ2v) is 6.98. The van der Waals surface area contributed by atoms with Crippen LogP contribution in [0.2, 0.25) is 0 Å². The molecular weight excluding hydrogens is 330 g/mol. The van der Waals surface area contributed by atoms with E-state index in [2.05, 4.69) is 9.98 Å². The summed E-state index contributed by atoms with van der Waals surface area (Å²) in [6.07, 6.45) is 3.63. The molecule has 0 saturated heterocycles. The van der Waals surface area contributed by atoms with Crippen LogP contribution in [0.25, 0.3) is 0 Å².